The fourth-order valence-corrected chi connectivity index (χ4v) is 2.34. The molecule has 122 valence electrons. The lowest BCUT2D eigenvalue weighted by Gasteiger charge is -2.07. The van der Waals surface area contributed by atoms with Crippen LogP contribution in [0.5, 0.6) is 0 Å². The molecule has 0 fully saturated rings. The summed E-state index contributed by atoms with van der Waals surface area (Å²) in [7, 11) is 1.51. The Labute approximate surface area is 137 Å². The van der Waals surface area contributed by atoms with E-state index in [0.29, 0.717) is 22.2 Å². The number of hydrogen-bond acceptors (Lipinski definition) is 5. The number of hydrazone groups is 1. The molecule has 2 heterocycles. The molecule has 1 amide bonds. The molecule has 1 N–H and O–H groups in total. The van der Waals surface area contributed by atoms with Gasteiger partial charge in [0.25, 0.3) is 11.5 Å². The Morgan fingerprint density at radius 3 is 2.58 bits per heavy atom. The lowest BCUT2D eigenvalue weighted by Crippen LogP contribution is -2.27. The Morgan fingerprint density at radius 2 is 1.92 bits per heavy atom. The van der Waals surface area contributed by atoms with Crippen molar-refractivity contribution in [2.45, 2.75) is 13.8 Å². The van der Waals surface area contributed by atoms with Gasteiger partial charge in [-0.25, -0.2) is 10.1 Å². The van der Waals surface area contributed by atoms with Crippen molar-refractivity contribution in [2.24, 2.45) is 12.1 Å². The van der Waals surface area contributed by atoms with Crippen molar-refractivity contribution in [1.29, 1.82) is 0 Å². The van der Waals surface area contributed by atoms with Crippen molar-refractivity contribution in [1.82, 2.24) is 15.2 Å². The molecule has 0 saturated carbocycles. The second-order valence-corrected chi connectivity index (χ2v) is 5.37. The number of carbonyl (C=O) groups is 1. The lowest BCUT2D eigenvalue weighted by molar-refractivity contribution is 0.0949. The highest BCUT2D eigenvalue weighted by Gasteiger charge is 2.15. The first-order chi connectivity index (χ1) is 11.5. The number of hydrogen-bond donors (Lipinski definition) is 1. The summed E-state index contributed by atoms with van der Waals surface area (Å²) in [5.74, 6) is 0.840. The van der Waals surface area contributed by atoms with Crippen LogP contribution in [0.25, 0.3) is 10.8 Å². The first-order valence-corrected chi connectivity index (χ1v) is 7.35. The van der Waals surface area contributed by atoms with Crippen LogP contribution in [0, 0.1) is 6.92 Å². The second kappa shape index (κ2) is 6.11. The van der Waals surface area contributed by atoms with E-state index < -0.39 is 5.91 Å². The molecule has 0 spiro atoms. The average Bonchev–Trinajstić information content (AvgIpc) is 3.02. The molecule has 7 nitrogen and oxygen atoms in total. The minimum absolute atomic E-state index is 0.139. The van der Waals surface area contributed by atoms with E-state index in [1.165, 1.54) is 7.05 Å². The lowest BCUT2D eigenvalue weighted by atomic mass is 10.1. The maximum Gasteiger partial charge on any atom is 0.292 e. The number of carbonyl (C=O) groups excluding carboxylic acids is 1. The second-order valence-electron chi connectivity index (χ2n) is 5.37. The smallest absolute Gasteiger partial charge is 0.292 e. The number of aromatic nitrogens is 2. The molecule has 0 radical (unpaired) electrons. The monoisotopic (exact) mass is 324 g/mol. The molecular weight excluding hydrogens is 308 g/mol. The third-order valence-corrected chi connectivity index (χ3v) is 3.59. The number of furan rings is 1. The van der Waals surface area contributed by atoms with Crippen LogP contribution in [0.1, 0.15) is 28.9 Å². The predicted octanol–water partition coefficient (Wildman–Crippen LogP) is 1.99. The first-order valence-electron chi connectivity index (χ1n) is 7.35. The Morgan fingerprint density at radius 1 is 1.21 bits per heavy atom. The highest BCUT2D eigenvalue weighted by atomic mass is 16.3. The van der Waals surface area contributed by atoms with E-state index in [9.17, 15) is 9.59 Å². The van der Waals surface area contributed by atoms with Gasteiger partial charge in [-0.1, -0.05) is 18.2 Å². The van der Waals surface area contributed by atoms with Gasteiger partial charge in [0.05, 0.1) is 5.39 Å². The molecule has 0 unspecified atom stereocenters. The van der Waals surface area contributed by atoms with Crippen molar-refractivity contribution in [2.75, 3.05) is 0 Å². The van der Waals surface area contributed by atoms with Crippen molar-refractivity contribution < 1.29 is 9.21 Å². The van der Waals surface area contributed by atoms with Gasteiger partial charge in [-0.15, -0.1) is 0 Å². The Balaban J connectivity index is 1.95. The van der Waals surface area contributed by atoms with Crippen LogP contribution in [0.2, 0.25) is 0 Å². The van der Waals surface area contributed by atoms with E-state index in [2.05, 4.69) is 15.6 Å². The molecule has 7 heteroatoms. The Kier molecular flexibility index (Phi) is 3.99. The van der Waals surface area contributed by atoms with E-state index in [-0.39, 0.29) is 11.3 Å². The van der Waals surface area contributed by atoms with E-state index in [4.69, 9.17) is 4.42 Å². The van der Waals surface area contributed by atoms with Crippen LogP contribution in [0.4, 0.5) is 0 Å². The molecule has 3 rings (SSSR count). The summed E-state index contributed by atoms with van der Waals surface area (Å²) in [5.41, 5.74) is 2.87. The van der Waals surface area contributed by atoms with Gasteiger partial charge in [-0.2, -0.15) is 10.2 Å². The molecule has 0 atom stereocenters. The van der Waals surface area contributed by atoms with Crippen molar-refractivity contribution >= 4 is 22.4 Å². The van der Waals surface area contributed by atoms with Crippen LogP contribution in [-0.2, 0) is 7.05 Å². The molecule has 0 aliphatic rings. The number of rotatable bonds is 3. The molecular formula is C17H16N4O3. The summed E-state index contributed by atoms with van der Waals surface area (Å²) in [6, 6.07) is 10.4. The molecule has 3 aromatic rings. The van der Waals surface area contributed by atoms with E-state index >= 15 is 0 Å². The molecule has 24 heavy (non-hydrogen) atoms. The highest BCUT2D eigenvalue weighted by molar-refractivity contribution is 6.05. The van der Waals surface area contributed by atoms with Crippen LogP contribution in [0.3, 0.4) is 0 Å². The van der Waals surface area contributed by atoms with Gasteiger partial charge in [0, 0.05) is 12.4 Å². The topological polar surface area (TPSA) is 89.5 Å². The zero-order valence-corrected chi connectivity index (χ0v) is 13.5. The number of benzene rings is 1. The normalized spacial score (nSPS) is 11.7. The number of fused-ring (bicyclic) bond motifs is 1. The minimum atomic E-state index is -0.496. The zero-order valence-electron chi connectivity index (χ0n) is 13.5. The van der Waals surface area contributed by atoms with Gasteiger partial charge < -0.3 is 4.42 Å². The SMILES string of the molecule is C/C(=N\NC(=O)c1nn(C)c(=O)c2ccccc12)c1ccc(C)o1. The predicted molar refractivity (Wildman–Crippen MR) is 90.1 cm³/mol. The van der Waals surface area contributed by atoms with Gasteiger partial charge in [0.2, 0.25) is 0 Å². The van der Waals surface area contributed by atoms with Crippen LogP contribution < -0.4 is 11.0 Å². The third-order valence-electron chi connectivity index (χ3n) is 3.59. The molecule has 0 aliphatic carbocycles. The number of nitrogens with zero attached hydrogens (tertiary/aromatic N) is 3. The maximum atomic E-state index is 12.4. The molecule has 0 aliphatic heterocycles. The maximum absolute atomic E-state index is 12.4. The van der Waals surface area contributed by atoms with Crippen molar-refractivity contribution in [3.63, 3.8) is 0 Å². The third kappa shape index (κ3) is 2.83. The van der Waals surface area contributed by atoms with Crippen LogP contribution in [-0.4, -0.2) is 21.4 Å². The summed E-state index contributed by atoms with van der Waals surface area (Å²) in [5, 5.41) is 9.01. The average molecular weight is 324 g/mol. The van der Waals surface area contributed by atoms with Gasteiger partial charge in [0.1, 0.15) is 17.2 Å². The largest absolute Gasteiger partial charge is 0.460 e. The number of amides is 1. The summed E-state index contributed by atoms with van der Waals surface area (Å²) >= 11 is 0. The fourth-order valence-electron chi connectivity index (χ4n) is 2.34. The van der Waals surface area contributed by atoms with Crippen molar-refractivity contribution in [3.05, 3.63) is 64.0 Å². The van der Waals surface area contributed by atoms with Gasteiger partial charge in [-0.05, 0) is 32.0 Å². The minimum Gasteiger partial charge on any atom is -0.460 e. The van der Waals surface area contributed by atoms with Crippen LogP contribution in [0.15, 0.2) is 50.7 Å². The Bertz CT molecular complexity index is 1010. The number of nitrogens with one attached hydrogen (secondary N) is 1. The quantitative estimate of drug-likeness (QED) is 0.589. The zero-order chi connectivity index (χ0) is 17.3. The number of aryl methyl sites for hydroxylation is 2. The van der Waals surface area contributed by atoms with E-state index in [1.54, 1.807) is 37.3 Å². The van der Waals surface area contributed by atoms with Gasteiger partial charge in [-0.3, -0.25) is 9.59 Å². The van der Waals surface area contributed by atoms with E-state index in [1.807, 2.05) is 13.0 Å². The van der Waals surface area contributed by atoms with Crippen molar-refractivity contribution in [3.8, 4) is 0 Å². The van der Waals surface area contributed by atoms with Crippen LogP contribution >= 0.6 is 0 Å². The van der Waals surface area contributed by atoms with Gasteiger partial charge in [0.15, 0.2) is 5.69 Å². The first kappa shape index (κ1) is 15.7. The fraction of sp³-hybridized carbons (Fsp3) is 0.176. The molecule has 2 aromatic heterocycles. The molecule has 0 saturated heterocycles. The molecule has 1 aromatic carbocycles. The summed E-state index contributed by atoms with van der Waals surface area (Å²) in [4.78, 5) is 24.5. The van der Waals surface area contributed by atoms with Gasteiger partial charge >= 0.3 is 0 Å². The highest BCUT2D eigenvalue weighted by Crippen LogP contribution is 2.13. The summed E-state index contributed by atoms with van der Waals surface area (Å²) in [6.07, 6.45) is 0. The summed E-state index contributed by atoms with van der Waals surface area (Å²) in [6.45, 7) is 3.56. The standard InChI is InChI=1S/C17H16N4O3/c1-10-8-9-14(24-10)11(2)18-19-16(22)15-12-6-4-5-7-13(12)17(23)21(3)20-15/h4-9H,1-3H3,(H,19,22)/b18-11+. The summed E-state index contributed by atoms with van der Waals surface area (Å²) < 4.78 is 6.59. The molecule has 0 bridgehead atoms. The Hall–Kier alpha value is -3.22. The van der Waals surface area contributed by atoms with E-state index in [0.717, 1.165) is 10.4 Å².